The van der Waals surface area contributed by atoms with Crippen LogP contribution in [0.15, 0.2) is 170 Å². The van der Waals surface area contributed by atoms with Crippen molar-refractivity contribution in [2.75, 3.05) is 0 Å². The van der Waals surface area contributed by atoms with Gasteiger partial charge in [-0.05, 0) is 142 Å². The van der Waals surface area contributed by atoms with Gasteiger partial charge in [0.25, 0.3) is 0 Å². The molecular formula is C56H49N3O. The molecule has 2 aromatic heterocycles. The Kier molecular flexibility index (Phi) is 9.01. The van der Waals surface area contributed by atoms with Gasteiger partial charge in [0.15, 0.2) is 0 Å². The van der Waals surface area contributed by atoms with E-state index in [2.05, 4.69) is 93.6 Å². The highest BCUT2D eigenvalue weighted by Crippen LogP contribution is 2.41. The monoisotopic (exact) mass is 783 g/mol. The molecule has 60 heavy (non-hydrogen) atoms. The van der Waals surface area contributed by atoms with Gasteiger partial charge in [-0.15, -0.1) is 0 Å². The van der Waals surface area contributed by atoms with E-state index in [9.17, 15) is 5.11 Å². The molecule has 0 fully saturated rings. The summed E-state index contributed by atoms with van der Waals surface area (Å²) in [6.45, 7) is 7.53. The zero-order valence-electron chi connectivity index (χ0n) is 38.5. The van der Waals surface area contributed by atoms with E-state index >= 15 is 0 Å². The van der Waals surface area contributed by atoms with Gasteiger partial charge in [-0.25, -0.2) is 4.98 Å². The summed E-state index contributed by atoms with van der Waals surface area (Å²) < 4.78 is 37.5. The van der Waals surface area contributed by atoms with Crippen LogP contribution in [0.4, 0.5) is 0 Å². The van der Waals surface area contributed by atoms with E-state index in [0.717, 1.165) is 66.9 Å². The average molecular weight is 784 g/mol. The maximum absolute atomic E-state index is 11.4. The van der Waals surface area contributed by atoms with Crippen LogP contribution in [-0.4, -0.2) is 19.6 Å². The van der Waals surface area contributed by atoms with Gasteiger partial charge in [0.05, 0.1) is 28.0 Å². The Labute approximate surface area is 359 Å². The van der Waals surface area contributed by atoms with Crippen LogP contribution in [0.1, 0.15) is 67.2 Å². The van der Waals surface area contributed by atoms with Gasteiger partial charge in [-0.2, -0.15) is 0 Å². The van der Waals surface area contributed by atoms with Gasteiger partial charge in [-0.3, -0.25) is 9.55 Å². The van der Waals surface area contributed by atoms with Gasteiger partial charge >= 0.3 is 0 Å². The summed E-state index contributed by atoms with van der Waals surface area (Å²) in [5, 5.41) is 11.4. The van der Waals surface area contributed by atoms with E-state index in [1.54, 1.807) is 24.3 Å². The summed E-state index contributed by atoms with van der Waals surface area (Å²) in [6, 6.07) is 54.1. The van der Waals surface area contributed by atoms with Crippen LogP contribution in [0, 0.1) is 13.8 Å². The van der Waals surface area contributed by atoms with Crippen molar-refractivity contribution in [2.45, 2.75) is 53.3 Å². The Bertz CT molecular complexity index is 3180. The lowest BCUT2D eigenvalue weighted by molar-refractivity contribution is 0.477. The van der Waals surface area contributed by atoms with E-state index in [0.29, 0.717) is 28.1 Å². The minimum Gasteiger partial charge on any atom is -0.507 e. The van der Waals surface area contributed by atoms with E-state index in [1.165, 1.54) is 5.56 Å². The van der Waals surface area contributed by atoms with Gasteiger partial charge in [0.2, 0.25) is 0 Å². The number of hydrogen-bond acceptors (Lipinski definition) is 3. The van der Waals surface area contributed by atoms with Crippen LogP contribution in [0.25, 0.3) is 83.9 Å². The van der Waals surface area contributed by atoms with E-state index in [-0.39, 0.29) is 17.2 Å². The van der Waals surface area contributed by atoms with Crippen molar-refractivity contribution in [2.24, 2.45) is 0 Å². The first-order chi connectivity index (χ1) is 30.6. The molecule has 0 radical (unpaired) electrons. The molecule has 0 aliphatic rings. The summed E-state index contributed by atoms with van der Waals surface area (Å²) in [5.74, 6) is -0.211. The molecular weight excluding hydrogens is 731 g/mol. The summed E-state index contributed by atoms with van der Waals surface area (Å²) >= 11 is 0. The Hall–Kier alpha value is -7.04. The number of hydrogen-bond donors (Lipinski definition) is 1. The van der Waals surface area contributed by atoms with Gasteiger partial charge in [0.1, 0.15) is 11.6 Å². The van der Waals surface area contributed by atoms with Crippen LogP contribution in [0.3, 0.4) is 0 Å². The number of aromatic hydroxyl groups is 1. The molecule has 7 aromatic carbocycles. The normalized spacial score (nSPS) is 12.9. The number of imidazole rings is 1. The van der Waals surface area contributed by atoms with Gasteiger partial charge < -0.3 is 5.11 Å². The second-order valence-electron chi connectivity index (χ2n) is 16.2. The Morgan fingerprint density at radius 3 is 2.00 bits per heavy atom. The minimum absolute atomic E-state index is 0.0246. The fourth-order valence-electron chi connectivity index (χ4n) is 8.01. The number of aryl methyl sites for hydroxylation is 2. The number of para-hydroxylation sites is 2. The Morgan fingerprint density at radius 2 is 1.23 bits per heavy atom. The summed E-state index contributed by atoms with van der Waals surface area (Å²) in [7, 11) is 0. The number of benzene rings is 7. The van der Waals surface area contributed by atoms with Crippen LogP contribution >= 0.6 is 0 Å². The fourth-order valence-corrected chi connectivity index (χ4v) is 8.01. The number of aromatic nitrogens is 3. The molecule has 4 heteroatoms. The molecule has 0 saturated heterocycles. The molecule has 0 saturated carbocycles. The predicted octanol–water partition coefficient (Wildman–Crippen LogP) is 15.0. The second kappa shape index (κ2) is 16.0. The highest BCUT2D eigenvalue weighted by atomic mass is 16.3. The number of nitrogens with zero attached hydrogens (tertiary/aromatic N) is 3. The zero-order valence-corrected chi connectivity index (χ0v) is 34.5. The topological polar surface area (TPSA) is 50.9 Å². The summed E-state index contributed by atoms with van der Waals surface area (Å²) in [6.07, 6.45) is 1.85. The van der Waals surface area contributed by atoms with Crippen LogP contribution in [0.5, 0.6) is 5.75 Å². The van der Waals surface area contributed by atoms with Crippen LogP contribution in [0.2, 0.25) is 0 Å². The molecule has 1 N–H and O–H groups in total. The number of phenolic OH excluding ortho intramolecular Hbond substituents is 1. The summed E-state index contributed by atoms with van der Waals surface area (Å²) in [5.41, 5.74) is 14.8. The SMILES string of the molecule is [2H]C([2H])([2H])c1cc(-c2cc(C(C)C)cc(C([2H])(C)C)c2)ccc1-n1c(-c2ccccc2O)nc2c(-c3cc(-c4ccccc4)cc(-c4cc(-c5ccc(C)cc5)ccn4)c3)cccc21. The molecule has 0 aliphatic carbocycles. The molecule has 2 heterocycles. The lowest BCUT2D eigenvalue weighted by Crippen LogP contribution is -2.01. The third kappa shape index (κ3) is 7.42. The highest BCUT2D eigenvalue weighted by Gasteiger charge is 2.22. The third-order valence-electron chi connectivity index (χ3n) is 11.4. The molecule has 0 unspecified atom stereocenters. The molecule has 0 atom stereocenters. The second-order valence-corrected chi connectivity index (χ2v) is 16.2. The number of phenols is 1. The lowest BCUT2D eigenvalue weighted by atomic mass is 9.90. The van der Waals surface area contributed by atoms with Crippen molar-refractivity contribution in [3.63, 3.8) is 0 Å². The molecule has 0 spiro atoms. The molecule has 4 nitrogen and oxygen atoms in total. The van der Waals surface area contributed by atoms with E-state index in [4.69, 9.17) is 15.5 Å². The largest absolute Gasteiger partial charge is 0.507 e. The molecule has 9 rings (SSSR count). The number of rotatable bonds is 9. The molecule has 0 aliphatic heterocycles. The maximum atomic E-state index is 11.4. The van der Waals surface area contributed by atoms with Gasteiger partial charge in [0, 0.05) is 22.8 Å². The van der Waals surface area contributed by atoms with Crippen LogP contribution in [-0.2, 0) is 0 Å². The van der Waals surface area contributed by atoms with E-state index in [1.807, 2.05) is 91.3 Å². The first kappa shape index (κ1) is 33.9. The first-order valence-electron chi connectivity index (χ1n) is 22.5. The van der Waals surface area contributed by atoms with Crippen molar-refractivity contribution in [3.05, 3.63) is 192 Å². The quantitative estimate of drug-likeness (QED) is 0.159. The van der Waals surface area contributed by atoms with Crippen LogP contribution < -0.4 is 0 Å². The zero-order chi connectivity index (χ0) is 44.9. The van der Waals surface area contributed by atoms with Gasteiger partial charge in [-0.1, -0.05) is 136 Å². The number of fused-ring (bicyclic) bond motifs is 1. The Morgan fingerprint density at radius 1 is 0.567 bits per heavy atom. The summed E-state index contributed by atoms with van der Waals surface area (Å²) in [4.78, 5) is 10.2. The first-order valence-corrected chi connectivity index (χ1v) is 20.5. The molecule has 0 bridgehead atoms. The van der Waals surface area contributed by atoms with Crippen molar-refractivity contribution in [3.8, 4) is 78.6 Å². The van der Waals surface area contributed by atoms with Crippen molar-refractivity contribution in [1.82, 2.24) is 14.5 Å². The predicted molar refractivity (Wildman–Crippen MR) is 251 cm³/mol. The van der Waals surface area contributed by atoms with Crippen molar-refractivity contribution in [1.29, 1.82) is 0 Å². The lowest BCUT2D eigenvalue weighted by Gasteiger charge is -2.17. The third-order valence-corrected chi connectivity index (χ3v) is 11.4. The van der Waals surface area contributed by atoms with Crippen molar-refractivity contribution < 1.29 is 10.6 Å². The average Bonchev–Trinajstić information content (AvgIpc) is 3.68. The molecule has 0 amide bonds. The van der Waals surface area contributed by atoms with Crippen molar-refractivity contribution >= 4 is 11.0 Å². The highest BCUT2D eigenvalue weighted by molar-refractivity contribution is 5.98. The van der Waals surface area contributed by atoms with E-state index < -0.39 is 12.7 Å². The molecule has 294 valence electrons. The Balaban J connectivity index is 1.28. The maximum Gasteiger partial charge on any atom is 0.149 e. The fraction of sp³-hybridized carbons (Fsp3) is 0.143. The molecule has 9 aromatic rings. The number of pyridine rings is 1. The standard InChI is InChI=1S/C56H49N3O/c1-35(2)43-28-44(36(3)4)30-46(29-43)41-23-24-52(38(6)27-41)59-53-17-12-16-49(55(53)58-56(59)50-15-10-11-18-54(50)60)47-31-45(39-13-8-7-9-14-39)32-48(33-47)51-34-42(25-26-57-51)40-21-19-37(5)20-22-40/h7-36,60H,1-6H3/i6D3,35D. The smallest absolute Gasteiger partial charge is 0.149 e. The minimum atomic E-state index is -2.53.